The van der Waals surface area contributed by atoms with Crippen LogP contribution in [0.5, 0.6) is 5.75 Å². The van der Waals surface area contributed by atoms with Crippen LogP contribution in [0.15, 0.2) is 36.9 Å². The van der Waals surface area contributed by atoms with Crippen molar-refractivity contribution >= 4 is 5.91 Å². The number of carbonyl (C=O) groups excluding carboxylic acids is 1. The fourth-order valence-electron chi connectivity index (χ4n) is 1.59. The molecule has 6 nitrogen and oxygen atoms in total. The molecule has 0 bridgehead atoms. The summed E-state index contributed by atoms with van der Waals surface area (Å²) in [5.74, 6) is -0.291. The molecular weight excluding hydrogens is 232 g/mol. The van der Waals surface area contributed by atoms with Crippen LogP contribution in [0.2, 0.25) is 0 Å². The van der Waals surface area contributed by atoms with Gasteiger partial charge < -0.3 is 10.4 Å². The first-order valence-corrected chi connectivity index (χ1v) is 5.57. The predicted molar refractivity (Wildman–Crippen MR) is 65.1 cm³/mol. The van der Waals surface area contributed by atoms with Gasteiger partial charge in [-0.3, -0.25) is 14.5 Å². The highest BCUT2D eigenvalue weighted by Gasteiger charge is 2.11. The van der Waals surface area contributed by atoms with Crippen molar-refractivity contribution in [3.05, 3.63) is 42.5 Å². The normalized spacial score (nSPS) is 12.1. The molecular formula is C12H14N4O2. The van der Waals surface area contributed by atoms with Gasteiger partial charge in [0.15, 0.2) is 0 Å². The second-order valence-electron chi connectivity index (χ2n) is 4.03. The van der Waals surface area contributed by atoms with Crippen molar-refractivity contribution in [3.63, 3.8) is 0 Å². The van der Waals surface area contributed by atoms with Crippen LogP contribution < -0.4 is 5.32 Å². The number of rotatable bonds is 4. The lowest BCUT2D eigenvalue weighted by molar-refractivity contribution is 0.0935. The molecule has 0 aliphatic rings. The van der Waals surface area contributed by atoms with Crippen LogP contribution in [0, 0.1) is 0 Å². The zero-order valence-corrected chi connectivity index (χ0v) is 9.95. The molecule has 0 saturated carbocycles. The molecule has 1 amide bonds. The van der Waals surface area contributed by atoms with Crippen LogP contribution >= 0.6 is 0 Å². The van der Waals surface area contributed by atoms with E-state index in [1.54, 1.807) is 10.9 Å². The fourth-order valence-corrected chi connectivity index (χ4v) is 1.59. The molecule has 0 spiro atoms. The Hall–Kier alpha value is -2.37. The summed E-state index contributed by atoms with van der Waals surface area (Å²) in [4.78, 5) is 15.6. The summed E-state index contributed by atoms with van der Waals surface area (Å²) < 4.78 is 1.74. The molecule has 2 aromatic heterocycles. The quantitative estimate of drug-likeness (QED) is 0.836. The lowest BCUT2D eigenvalue weighted by Crippen LogP contribution is -2.35. The molecule has 2 N–H and O–H groups in total. The molecule has 0 aliphatic heterocycles. The third kappa shape index (κ3) is 3.07. The Kier molecular flexibility index (Phi) is 3.57. The van der Waals surface area contributed by atoms with Gasteiger partial charge in [-0.1, -0.05) is 0 Å². The minimum Gasteiger partial charge on any atom is -0.506 e. The molecule has 2 heterocycles. The molecule has 1 unspecified atom stereocenters. The Bertz CT molecular complexity index is 525. The Morgan fingerprint density at radius 1 is 1.56 bits per heavy atom. The Morgan fingerprint density at radius 3 is 3.06 bits per heavy atom. The molecule has 1 atom stereocenters. The van der Waals surface area contributed by atoms with E-state index in [-0.39, 0.29) is 17.7 Å². The SMILES string of the molecule is CC(Cn1cccn1)NC(=O)c1cncc(O)c1. The highest BCUT2D eigenvalue weighted by atomic mass is 16.3. The van der Waals surface area contributed by atoms with E-state index in [4.69, 9.17) is 0 Å². The van der Waals surface area contributed by atoms with E-state index in [0.717, 1.165) is 0 Å². The zero-order chi connectivity index (χ0) is 13.0. The van der Waals surface area contributed by atoms with Crippen LogP contribution in [0.1, 0.15) is 17.3 Å². The molecule has 0 fully saturated rings. The van der Waals surface area contributed by atoms with Crippen LogP contribution in [0.4, 0.5) is 0 Å². The zero-order valence-electron chi connectivity index (χ0n) is 9.95. The molecule has 94 valence electrons. The monoisotopic (exact) mass is 246 g/mol. The van der Waals surface area contributed by atoms with Crippen molar-refractivity contribution in [2.75, 3.05) is 0 Å². The standard InChI is InChI=1S/C12H14N4O2/c1-9(8-16-4-2-3-14-16)15-12(18)10-5-11(17)7-13-6-10/h2-7,9,17H,8H2,1H3,(H,15,18). The van der Waals surface area contributed by atoms with Crippen LogP contribution in [0.3, 0.4) is 0 Å². The number of hydrogen-bond acceptors (Lipinski definition) is 4. The first kappa shape index (κ1) is 12.1. The Labute approximate surface area is 104 Å². The summed E-state index contributed by atoms with van der Waals surface area (Å²) in [7, 11) is 0. The molecule has 0 radical (unpaired) electrons. The van der Waals surface area contributed by atoms with E-state index >= 15 is 0 Å². The van der Waals surface area contributed by atoms with Crippen molar-refractivity contribution in [1.82, 2.24) is 20.1 Å². The van der Waals surface area contributed by atoms with Gasteiger partial charge in [0.2, 0.25) is 0 Å². The molecule has 0 aliphatic carbocycles. The first-order valence-electron chi connectivity index (χ1n) is 5.57. The van der Waals surface area contributed by atoms with Gasteiger partial charge in [-0.25, -0.2) is 0 Å². The molecule has 18 heavy (non-hydrogen) atoms. The Morgan fingerprint density at radius 2 is 2.39 bits per heavy atom. The average Bonchev–Trinajstić information content (AvgIpc) is 2.81. The van der Waals surface area contributed by atoms with E-state index in [2.05, 4.69) is 15.4 Å². The minimum atomic E-state index is -0.266. The number of aromatic hydroxyl groups is 1. The summed E-state index contributed by atoms with van der Waals surface area (Å²) >= 11 is 0. The highest BCUT2D eigenvalue weighted by Crippen LogP contribution is 2.08. The third-order valence-electron chi connectivity index (χ3n) is 2.38. The van der Waals surface area contributed by atoms with Crippen LogP contribution in [-0.4, -0.2) is 31.8 Å². The number of pyridine rings is 1. The van der Waals surface area contributed by atoms with Crippen molar-refractivity contribution < 1.29 is 9.90 Å². The van der Waals surface area contributed by atoms with Gasteiger partial charge in [-0.15, -0.1) is 0 Å². The molecule has 2 aromatic rings. The van der Waals surface area contributed by atoms with Crippen LogP contribution in [-0.2, 0) is 6.54 Å². The summed E-state index contributed by atoms with van der Waals surface area (Å²) in [6.07, 6.45) is 6.21. The summed E-state index contributed by atoms with van der Waals surface area (Å²) in [5.41, 5.74) is 0.335. The highest BCUT2D eigenvalue weighted by molar-refractivity contribution is 5.94. The average molecular weight is 246 g/mol. The summed E-state index contributed by atoms with van der Waals surface area (Å²) in [6.45, 7) is 2.47. The number of carbonyl (C=O) groups is 1. The maximum atomic E-state index is 11.8. The molecule has 0 aromatic carbocycles. The van der Waals surface area contributed by atoms with E-state index < -0.39 is 0 Å². The fraction of sp³-hybridized carbons (Fsp3) is 0.250. The van der Waals surface area contributed by atoms with Gasteiger partial charge in [0.05, 0.1) is 18.3 Å². The van der Waals surface area contributed by atoms with E-state index in [0.29, 0.717) is 12.1 Å². The van der Waals surface area contributed by atoms with Gasteiger partial charge in [0.1, 0.15) is 5.75 Å². The smallest absolute Gasteiger partial charge is 0.253 e. The Balaban J connectivity index is 1.95. The number of amides is 1. The minimum absolute atomic E-state index is 0.0256. The van der Waals surface area contributed by atoms with Crippen molar-refractivity contribution in [2.24, 2.45) is 0 Å². The third-order valence-corrected chi connectivity index (χ3v) is 2.38. The van der Waals surface area contributed by atoms with Crippen molar-refractivity contribution in [1.29, 1.82) is 0 Å². The van der Waals surface area contributed by atoms with Crippen LogP contribution in [0.25, 0.3) is 0 Å². The second kappa shape index (κ2) is 5.31. The maximum Gasteiger partial charge on any atom is 0.253 e. The van der Waals surface area contributed by atoms with Gasteiger partial charge >= 0.3 is 0 Å². The summed E-state index contributed by atoms with van der Waals surface area (Å²) in [5, 5.41) is 16.1. The molecule has 2 rings (SSSR count). The maximum absolute atomic E-state index is 11.8. The van der Waals surface area contributed by atoms with E-state index in [1.165, 1.54) is 18.5 Å². The predicted octanol–water partition coefficient (Wildman–Crippen LogP) is 0.802. The lowest BCUT2D eigenvalue weighted by Gasteiger charge is -2.13. The van der Waals surface area contributed by atoms with Gasteiger partial charge in [-0.2, -0.15) is 5.10 Å². The van der Waals surface area contributed by atoms with Gasteiger partial charge in [-0.05, 0) is 19.1 Å². The van der Waals surface area contributed by atoms with E-state index in [9.17, 15) is 9.90 Å². The summed E-state index contributed by atoms with van der Waals surface area (Å²) in [6, 6.07) is 3.14. The first-order chi connectivity index (χ1) is 8.65. The number of nitrogens with zero attached hydrogens (tertiary/aromatic N) is 3. The topological polar surface area (TPSA) is 80.0 Å². The number of nitrogens with one attached hydrogen (secondary N) is 1. The van der Waals surface area contributed by atoms with Crippen molar-refractivity contribution in [3.8, 4) is 5.75 Å². The van der Waals surface area contributed by atoms with E-state index in [1.807, 2.05) is 19.2 Å². The molecule has 0 saturated heterocycles. The second-order valence-corrected chi connectivity index (χ2v) is 4.03. The molecule has 6 heteroatoms. The van der Waals surface area contributed by atoms with Gasteiger partial charge in [0.25, 0.3) is 5.91 Å². The lowest BCUT2D eigenvalue weighted by atomic mass is 10.2. The van der Waals surface area contributed by atoms with Crippen molar-refractivity contribution in [2.45, 2.75) is 19.5 Å². The van der Waals surface area contributed by atoms with Gasteiger partial charge in [0, 0.05) is 24.6 Å². The number of hydrogen-bond donors (Lipinski definition) is 2. The number of aromatic nitrogens is 3. The largest absolute Gasteiger partial charge is 0.506 e.